The first kappa shape index (κ1) is 28.9. The number of phenolic OH excluding ortho intramolecular Hbond substituents is 1. The maximum atomic E-state index is 14.2. The number of phenols is 1. The van der Waals surface area contributed by atoms with Crippen LogP contribution in [0.15, 0.2) is 48.7 Å². The van der Waals surface area contributed by atoms with Crippen LogP contribution in [0, 0.1) is 13.8 Å². The van der Waals surface area contributed by atoms with Crippen LogP contribution in [0.5, 0.6) is 5.75 Å². The minimum Gasteiger partial charge on any atom is -0.508 e. The summed E-state index contributed by atoms with van der Waals surface area (Å²) in [6, 6.07) is 11.2. The number of aryl methyl sites for hydroxylation is 2. The molecular formula is C29H37N3O6. The molecule has 0 unspecified atom stereocenters. The van der Waals surface area contributed by atoms with Gasteiger partial charge in [0.15, 0.2) is 6.29 Å². The molecule has 0 saturated carbocycles. The summed E-state index contributed by atoms with van der Waals surface area (Å²) < 4.78 is 11.7. The molecule has 9 heteroatoms. The van der Waals surface area contributed by atoms with E-state index in [9.17, 15) is 19.8 Å². The van der Waals surface area contributed by atoms with Crippen LogP contribution in [0.4, 0.5) is 4.79 Å². The summed E-state index contributed by atoms with van der Waals surface area (Å²) in [7, 11) is 0. The molecule has 0 fully saturated rings. The van der Waals surface area contributed by atoms with E-state index in [0.717, 1.165) is 33.2 Å². The van der Waals surface area contributed by atoms with Gasteiger partial charge >= 0.3 is 6.09 Å². The lowest BCUT2D eigenvalue weighted by Crippen LogP contribution is -2.55. The van der Waals surface area contributed by atoms with Gasteiger partial charge in [-0.2, -0.15) is 0 Å². The maximum absolute atomic E-state index is 14.2. The van der Waals surface area contributed by atoms with Crippen molar-refractivity contribution in [3.8, 4) is 5.75 Å². The van der Waals surface area contributed by atoms with Crippen LogP contribution < -0.4 is 5.32 Å². The lowest BCUT2D eigenvalue weighted by atomic mass is 9.95. The van der Waals surface area contributed by atoms with Crippen molar-refractivity contribution in [2.45, 2.75) is 66.0 Å². The largest absolute Gasteiger partial charge is 0.508 e. The number of hydrogen-bond donors (Lipinski definition) is 3. The van der Waals surface area contributed by atoms with E-state index >= 15 is 0 Å². The summed E-state index contributed by atoms with van der Waals surface area (Å²) in [5.41, 5.74) is 3.91. The molecule has 38 heavy (non-hydrogen) atoms. The Morgan fingerprint density at radius 3 is 2.29 bits per heavy atom. The molecule has 1 heterocycles. The molecule has 3 N–H and O–H groups in total. The number of benzene rings is 2. The number of aromatic hydroxyl groups is 1. The Hall–Kier alpha value is -3.69. The van der Waals surface area contributed by atoms with E-state index in [1.165, 1.54) is 0 Å². The number of para-hydroxylation sites is 1. The number of carbonyl (C=O) groups excluding carboxylic acids is 1. The highest BCUT2D eigenvalue weighted by atomic mass is 16.7. The predicted octanol–water partition coefficient (Wildman–Crippen LogP) is 4.55. The quantitative estimate of drug-likeness (QED) is 0.298. The van der Waals surface area contributed by atoms with Crippen molar-refractivity contribution in [1.29, 1.82) is 0 Å². The first-order valence-corrected chi connectivity index (χ1v) is 12.8. The Labute approximate surface area is 223 Å². The van der Waals surface area contributed by atoms with Crippen LogP contribution in [-0.2, 0) is 27.2 Å². The maximum Gasteiger partial charge on any atom is 0.405 e. The van der Waals surface area contributed by atoms with Crippen LogP contribution in [-0.4, -0.2) is 63.7 Å². The van der Waals surface area contributed by atoms with Crippen LogP contribution in [0.1, 0.15) is 43.0 Å². The van der Waals surface area contributed by atoms with E-state index in [0.29, 0.717) is 13.2 Å². The zero-order valence-electron chi connectivity index (χ0n) is 22.6. The lowest BCUT2D eigenvalue weighted by molar-refractivity contribution is -0.179. The van der Waals surface area contributed by atoms with Crippen LogP contribution in [0.25, 0.3) is 10.9 Å². The summed E-state index contributed by atoms with van der Waals surface area (Å²) in [5, 5.41) is 23.0. The van der Waals surface area contributed by atoms with Crippen molar-refractivity contribution >= 4 is 22.9 Å². The number of rotatable bonds is 12. The van der Waals surface area contributed by atoms with Gasteiger partial charge < -0.3 is 29.9 Å². The van der Waals surface area contributed by atoms with Gasteiger partial charge in [0, 0.05) is 37.8 Å². The first-order chi connectivity index (χ1) is 18.2. The Morgan fingerprint density at radius 2 is 1.68 bits per heavy atom. The molecule has 3 rings (SSSR count). The van der Waals surface area contributed by atoms with Gasteiger partial charge in [-0.25, -0.2) is 4.79 Å². The number of amides is 2. The zero-order valence-corrected chi connectivity index (χ0v) is 22.6. The van der Waals surface area contributed by atoms with Crippen molar-refractivity contribution in [3.63, 3.8) is 0 Å². The standard InChI is InChI=1S/C29H37N3O6/c1-6-37-28(38-7-2)20(5)32(17-22-11-8-10-21-12-9-13-30-26(21)22)27(34)25(31-29(35)36)16-24-18(3)14-23(33)15-19(24)4/h8-15,20,25,28,31,33H,6-7,16-17H2,1-5H3,(H,35,36)/t20-,25-/m0/s1. The fourth-order valence-electron chi connectivity index (χ4n) is 4.75. The highest BCUT2D eigenvalue weighted by Gasteiger charge is 2.34. The fourth-order valence-corrected chi connectivity index (χ4v) is 4.75. The third-order valence-corrected chi connectivity index (χ3v) is 6.57. The van der Waals surface area contributed by atoms with Gasteiger partial charge in [-0.15, -0.1) is 0 Å². The lowest BCUT2D eigenvalue weighted by Gasteiger charge is -2.36. The average Bonchev–Trinajstić information content (AvgIpc) is 2.87. The molecule has 0 saturated heterocycles. The first-order valence-electron chi connectivity index (χ1n) is 12.8. The highest BCUT2D eigenvalue weighted by molar-refractivity contribution is 5.87. The minimum atomic E-state index is -1.30. The van der Waals surface area contributed by atoms with Gasteiger partial charge in [0.1, 0.15) is 11.8 Å². The van der Waals surface area contributed by atoms with Crippen molar-refractivity contribution in [2.24, 2.45) is 0 Å². The van der Waals surface area contributed by atoms with Gasteiger partial charge in [-0.3, -0.25) is 9.78 Å². The number of hydrogen-bond acceptors (Lipinski definition) is 6. The number of pyridine rings is 1. The SMILES string of the molecule is CCOC(OCC)[C@H](C)N(Cc1cccc2cccnc12)C(=O)[C@H](Cc1c(C)cc(O)cc1C)NC(=O)O. The Morgan fingerprint density at radius 1 is 1.05 bits per heavy atom. The second-order valence-corrected chi connectivity index (χ2v) is 9.24. The molecule has 2 amide bonds. The summed E-state index contributed by atoms with van der Waals surface area (Å²) in [6.45, 7) is 10.1. The van der Waals surface area contributed by atoms with Crippen molar-refractivity contribution < 1.29 is 29.3 Å². The van der Waals surface area contributed by atoms with Crippen LogP contribution in [0.3, 0.4) is 0 Å². The van der Waals surface area contributed by atoms with E-state index < -0.39 is 30.4 Å². The van der Waals surface area contributed by atoms with Crippen molar-refractivity contribution in [1.82, 2.24) is 15.2 Å². The van der Waals surface area contributed by atoms with E-state index in [1.807, 2.05) is 65.0 Å². The molecule has 3 aromatic rings. The number of aromatic nitrogens is 1. The van der Waals surface area contributed by atoms with Crippen molar-refractivity contribution in [2.75, 3.05) is 13.2 Å². The normalized spacial score (nSPS) is 12.9. The number of nitrogens with one attached hydrogen (secondary N) is 1. The number of nitrogens with zero attached hydrogens (tertiary/aromatic N) is 2. The summed E-state index contributed by atoms with van der Waals surface area (Å²) in [5.74, 6) is -0.295. The van der Waals surface area contributed by atoms with Crippen LogP contribution in [0.2, 0.25) is 0 Å². The highest BCUT2D eigenvalue weighted by Crippen LogP contribution is 2.25. The van der Waals surface area contributed by atoms with Gasteiger partial charge in [-0.05, 0) is 75.1 Å². The van der Waals surface area contributed by atoms with E-state index in [1.54, 1.807) is 23.2 Å². The topological polar surface area (TPSA) is 121 Å². The monoisotopic (exact) mass is 523 g/mol. The molecule has 0 aliphatic rings. The second kappa shape index (κ2) is 13.2. The van der Waals surface area contributed by atoms with E-state index in [4.69, 9.17) is 9.47 Å². The third-order valence-electron chi connectivity index (χ3n) is 6.57. The predicted molar refractivity (Wildman–Crippen MR) is 145 cm³/mol. The molecule has 2 atom stereocenters. The minimum absolute atomic E-state index is 0.118. The number of carbonyl (C=O) groups is 2. The fraction of sp³-hybridized carbons (Fsp3) is 0.414. The second-order valence-electron chi connectivity index (χ2n) is 9.24. The average molecular weight is 524 g/mol. The molecule has 0 aliphatic carbocycles. The summed E-state index contributed by atoms with van der Waals surface area (Å²) in [4.78, 5) is 32.1. The smallest absolute Gasteiger partial charge is 0.405 e. The van der Waals surface area contributed by atoms with Gasteiger partial charge in [0.25, 0.3) is 0 Å². The van der Waals surface area contributed by atoms with E-state index in [2.05, 4.69) is 10.3 Å². The number of carboxylic acid groups (broad SMARTS) is 1. The molecule has 2 aromatic carbocycles. The van der Waals surface area contributed by atoms with Gasteiger partial charge in [-0.1, -0.05) is 24.3 Å². The molecule has 0 radical (unpaired) electrons. The molecular weight excluding hydrogens is 486 g/mol. The molecule has 0 aliphatic heterocycles. The Bertz CT molecular complexity index is 1230. The van der Waals surface area contributed by atoms with Gasteiger partial charge in [0.2, 0.25) is 5.91 Å². The molecule has 204 valence electrons. The van der Waals surface area contributed by atoms with Gasteiger partial charge in [0.05, 0.1) is 11.6 Å². The zero-order chi connectivity index (χ0) is 27.8. The van der Waals surface area contributed by atoms with Crippen LogP contribution >= 0.6 is 0 Å². The molecule has 9 nitrogen and oxygen atoms in total. The third kappa shape index (κ3) is 6.99. The number of ether oxygens (including phenoxy) is 2. The summed E-state index contributed by atoms with van der Waals surface area (Å²) >= 11 is 0. The molecule has 0 bridgehead atoms. The molecule has 1 aromatic heterocycles. The Balaban J connectivity index is 2.06. The Kier molecular flexibility index (Phi) is 10.0. The van der Waals surface area contributed by atoms with Crippen molar-refractivity contribution in [3.05, 3.63) is 70.9 Å². The number of fused-ring (bicyclic) bond motifs is 1. The molecule has 0 spiro atoms. The summed E-state index contributed by atoms with van der Waals surface area (Å²) in [6.07, 6.45) is -0.188. The van der Waals surface area contributed by atoms with E-state index in [-0.39, 0.29) is 18.7 Å².